The van der Waals surface area contributed by atoms with Gasteiger partial charge in [0.1, 0.15) is 0 Å². The second kappa shape index (κ2) is 4.56. The van der Waals surface area contributed by atoms with Crippen LogP contribution in [0.25, 0.3) is 0 Å². The van der Waals surface area contributed by atoms with Crippen LogP contribution in [-0.2, 0) is 6.42 Å². The van der Waals surface area contributed by atoms with Gasteiger partial charge in [-0.1, -0.05) is 27.7 Å². The van der Waals surface area contributed by atoms with Gasteiger partial charge in [-0.2, -0.15) is 0 Å². The second-order valence-electron chi connectivity index (χ2n) is 7.00. The molecule has 18 heavy (non-hydrogen) atoms. The highest BCUT2D eigenvalue weighted by atomic mass is 16.1. The molecule has 0 aliphatic heterocycles. The molecular weight excluding hydrogens is 222 g/mol. The number of aromatic nitrogens is 1. The van der Waals surface area contributed by atoms with Crippen LogP contribution in [0.3, 0.4) is 0 Å². The van der Waals surface area contributed by atoms with Gasteiger partial charge in [0.15, 0.2) is 5.78 Å². The maximum Gasteiger partial charge on any atom is 0.165 e. The Bertz CT molecular complexity index is 454. The molecule has 1 heterocycles. The smallest absolute Gasteiger partial charge is 0.165 e. The molecular formula is C16H25NO. The van der Waals surface area contributed by atoms with Gasteiger partial charge < -0.3 is 4.57 Å². The van der Waals surface area contributed by atoms with Crippen molar-refractivity contribution < 1.29 is 4.79 Å². The van der Waals surface area contributed by atoms with Crippen LogP contribution in [0.4, 0.5) is 0 Å². The summed E-state index contributed by atoms with van der Waals surface area (Å²) in [6.07, 6.45) is 4.97. The van der Waals surface area contributed by atoms with Crippen molar-refractivity contribution in [3.8, 4) is 0 Å². The molecule has 0 spiro atoms. The molecule has 0 fully saturated rings. The Hall–Kier alpha value is -1.05. The normalized spacial score (nSPS) is 20.0. The molecule has 1 aliphatic carbocycles. The molecule has 100 valence electrons. The van der Waals surface area contributed by atoms with Crippen molar-refractivity contribution in [1.82, 2.24) is 4.57 Å². The molecule has 2 heteroatoms. The zero-order valence-corrected chi connectivity index (χ0v) is 12.3. The van der Waals surface area contributed by atoms with Crippen molar-refractivity contribution in [3.05, 3.63) is 23.5 Å². The van der Waals surface area contributed by atoms with Gasteiger partial charge in [0.25, 0.3) is 0 Å². The minimum absolute atomic E-state index is 0.109. The van der Waals surface area contributed by atoms with Crippen molar-refractivity contribution in [2.45, 2.75) is 59.9 Å². The van der Waals surface area contributed by atoms with E-state index in [4.69, 9.17) is 0 Å². The average molecular weight is 247 g/mol. The number of fused-ring (bicyclic) bond motifs is 1. The van der Waals surface area contributed by atoms with Gasteiger partial charge in [-0.3, -0.25) is 4.79 Å². The maximum atomic E-state index is 12.1. The van der Waals surface area contributed by atoms with Crippen LogP contribution in [0.2, 0.25) is 0 Å². The van der Waals surface area contributed by atoms with Crippen LogP contribution in [0, 0.1) is 11.3 Å². The lowest BCUT2D eigenvalue weighted by Gasteiger charge is -2.31. The van der Waals surface area contributed by atoms with Crippen LogP contribution in [0.15, 0.2) is 12.3 Å². The summed E-state index contributed by atoms with van der Waals surface area (Å²) in [7, 11) is 0. The third-order valence-corrected chi connectivity index (χ3v) is 3.90. The quantitative estimate of drug-likeness (QED) is 0.782. The fourth-order valence-electron chi connectivity index (χ4n) is 3.17. The number of carbonyl (C=O) groups excluding carboxylic acids is 1. The first kappa shape index (κ1) is 13.4. The number of nitrogens with zero attached hydrogens (tertiary/aromatic N) is 1. The lowest BCUT2D eigenvalue weighted by molar-refractivity contribution is 0.0909. The first-order chi connectivity index (χ1) is 8.30. The Balaban J connectivity index is 2.33. The molecule has 1 aromatic rings. The van der Waals surface area contributed by atoms with Crippen molar-refractivity contribution in [2.24, 2.45) is 11.3 Å². The Morgan fingerprint density at radius 1 is 1.28 bits per heavy atom. The molecule has 0 aromatic carbocycles. The largest absolute Gasteiger partial charge is 0.348 e. The predicted molar refractivity (Wildman–Crippen MR) is 75.0 cm³/mol. The number of ketones is 1. The topological polar surface area (TPSA) is 22.0 Å². The molecule has 2 nitrogen and oxygen atoms in total. The van der Waals surface area contributed by atoms with Crippen molar-refractivity contribution in [3.63, 3.8) is 0 Å². The monoisotopic (exact) mass is 247 g/mol. The average Bonchev–Trinajstić information content (AvgIpc) is 2.58. The molecule has 0 amide bonds. The summed E-state index contributed by atoms with van der Waals surface area (Å²) in [6, 6.07) is 2.50. The van der Waals surface area contributed by atoms with E-state index in [9.17, 15) is 4.79 Å². The summed E-state index contributed by atoms with van der Waals surface area (Å²) in [5, 5.41) is 0. The number of hydrogen-bond donors (Lipinski definition) is 0. The summed E-state index contributed by atoms with van der Waals surface area (Å²) in [5.41, 5.74) is 2.33. The van der Waals surface area contributed by atoms with E-state index in [0.29, 0.717) is 24.2 Å². The molecule has 2 rings (SSSR count). The predicted octanol–water partition coefficient (Wildman–Crippen LogP) is 4.25. The van der Waals surface area contributed by atoms with Crippen LogP contribution in [-0.4, -0.2) is 10.4 Å². The molecule has 0 N–H and O–H groups in total. The van der Waals surface area contributed by atoms with Gasteiger partial charge in [0, 0.05) is 29.9 Å². The number of hydrogen-bond acceptors (Lipinski definition) is 1. The Morgan fingerprint density at radius 2 is 1.94 bits per heavy atom. The number of carbonyl (C=O) groups is 1. The Kier molecular flexibility index (Phi) is 3.39. The third kappa shape index (κ3) is 2.52. The third-order valence-electron chi connectivity index (χ3n) is 3.90. The molecule has 0 saturated heterocycles. The van der Waals surface area contributed by atoms with E-state index in [2.05, 4.69) is 45.4 Å². The van der Waals surface area contributed by atoms with Gasteiger partial charge in [-0.05, 0) is 37.2 Å². The maximum absolute atomic E-state index is 12.1. The number of Topliss-reactive ketones (excluding diaryl/α,β-unsaturated/α-hetero) is 1. The van der Waals surface area contributed by atoms with Crippen molar-refractivity contribution in [2.75, 3.05) is 0 Å². The van der Waals surface area contributed by atoms with E-state index >= 15 is 0 Å². The lowest BCUT2D eigenvalue weighted by Crippen LogP contribution is -2.28. The molecule has 0 bridgehead atoms. The Morgan fingerprint density at radius 3 is 2.56 bits per heavy atom. The summed E-state index contributed by atoms with van der Waals surface area (Å²) in [5.74, 6) is 1.00. The van der Waals surface area contributed by atoms with Gasteiger partial charge in [0.05, 0.1) is 0 Å². The highest BCUT2D eigenvalue weighted by Gasteiger charge is 2.33. The van der Waals surface area contributed by atoms with E-state index in [1.807, 2.05) is 6.07 Å². The number of rotatable bonds is 3. The van der Waals surface area contributed by atoms with E-state index in [-0.39, 0.29) is 5.41 Å². The summed E-state index contributed by atoms with van der Waals surface area (Å²) in [6.45, 7) is 11.1. The standard InChI is InChI=1S/C16H25NO/c1-11(2)8-12(3)17-7-6-13-14(17)9-16(4,5)10-15(13)18/h6-7,11-12H,8-10H2,1-5H3. The second-order valence-corrected chi connectivity index (χ2v) is 7.00. The minimum atomic E-state index is 0.109. The Labute approximate surface area is 110 Å². The molecule has 0 saturated carbocycles. The van der Waals surface area contributed by atoms with E-state index in [1.54, 1.807) is 0 Å². The fraction of sp³-hybridized carbons (Fsp3) is 0.688. The highest BCUT2D eigenvalue weighted by molar-refractivity contribution is 5.98. The fourth-order valence-corrected chi connectivity index (χ4v) is 3.17. The summed E-state index contributed by atoms with van der Waals surface area (Å²) >= 11 is 0. The molecule has 1 aromatic heterocycles. The van der Waals surface area contributed by atoms with Gasteiger partial charge in [0.2, 0.25) is 0 Å². The molecule has 1 atom stereocenters. The van der Waals surface area contributed by atoms with E-state index in [0.717, 1.165) is 18.4 Å². The highest BCUT2D eigenvalue weighted by Crippen LogP contribution is 2.36. The van der Waals surface area contributed by atoms with Crippen molar-refractivity contribution in [1.29, 1.82) is 0 Å². The van der Waals surface area contributed by atoms with E-state index in [1.165, 1.54) is 5.69 Å². The zero-order valence-electron chi connectivity index (χ0n) is 12.3. The minimum Gasteiger partial charge on any atom is -0.348 e. The SMILES string of the molecule is CC(C)CC(C)n1ccc2c1CC(C)(C)CC2=O. The molecule has 0 radical (unpaired) electrons. The van der Waals surface area contributed by atoms with Crippen LogP contribution >= 0.6 is 0 Å². The van der Waals surface area contributed by atoms with Crippen LogP contribution < -0.4 is 0 Å². The van der Waals surface area contributed by atoms with Gasteiger partial charge in [-0.25, -0.2) is 0 Å². The van der Waals surface area contributed by atoms with E-state index < -0.39 is 0 Å². The zero-order chi connectivity index (χ0) is 13.5. The first-order valence-corrected chi connectivity index (χ1v) is 7.03. The van der Waals surface area contributed by atoms with Gasteiger partial charge in [-0.15, -0.1) is 0 Å². The lowest BCUT2D eigenvalue weighted by atomic mass is 9.76. The summed E-state index contributed by atoms with van der Waals surface area (Å²) < 4.78 is 2.33. The van der Waals surface area contributed by atoms with Gasteiger partial charge >= 0.3 is 0 Å². The van der Waals surface area contributed by atoms with Crippen LogP contribution in [0.5, 0.6) is 0 Å². The molecule has 1 aliphatic rings. The van der Waals surface area contributed by atoms with Crippen molar-refractivity contribution >= 4 is 5.78 Å². The molecule has 1 unspecified atom stereocenters. The first-order valence-electron chi connectivity index (χ1n) is 7.03. The van der Waals surface area contributed by atoms with Crippen LogP contribution in [0.1, 0.15) is 69.6 Å². The summed E-state index contributed by atoms with van der Waals surface area (Å²) in [4.78, 5) is 12.1.